The van der Waals surface area contributed by atoms with Crippen LogP contribution in [0.1, 0.15) is 46.5 Å². The highest BCUT2D eigenvalue weighted by Gasteiger charge is 2.32. The summed E-state index contributed by atoms with van der Waals surface area (Å²) in [6.45, 7) is 7.92. The quantitative estimate of drug-likeness (QED) is 0.641. The van der Waals surface area contributed by atoms with E-state index >= 15 is 0 Å². The molecule has 0 bridgehead atoms. The normalized spacial score (nSPS) is 16.2. The summed E-state index contributed by atoms with van der Waals surface area (Å²) >= 11 is 0. The van der Waals surface area contributed by atoms with E-state index in [1.54, 1.807) is 11.8 Å². The fourth-order valence-electron chi connectivity index (χ4n) is 2.97. The van der Waals surface area contributed by atoms with Gasteiger partial charge in [0.2, 0.25) is 15.9 Å². The lowest BCUT2D eigenvalue weighted by Crippen LogP contribution is -2.49. The van der Waals surface area contributed by atoms with Gasteiger partial charge in [0, 0.05) is 38.6 Å². The maximum atomic E-state index is 12.2. The van der Waals surface area contributed by atoms with E-state index in [0.29, 0.717) is 45.0 Å². The summed E-state index contributed by atoms with van der Waals surface area (Å²) in [6.07, 6.45) is 2.93. The highest BCUT2D eigenvalue weighted by Crippen LogP contribution is 2.20. The maximum absolute atomic E-state index is 12.2. The number of amides is 2. The van der Waals surface area contributed by atoms with Crippen molar-refractivity contribution < 1.29 is 22.7 Å². The number of piperidine rings is 1. The lowest BCUT2D eigenvalue weighted by Gasteiger charge is -2.36. The van der Waals surface area contributed by atoms with Gasteiger partial charge in [-0.05, 0) is 32.1 Å². The molecule has 0 unspecified atom stereocenters. The predicted molar refractivity (Wildman–Crippen MR) is 100 cm³/mol. The molecule has 152 valence electrons. The minimum atomic E-state index is -3.42. The lowest BCUT2D eigenvalue weighted by molar-refractivity contribution is -0.121. The van der Waals surface area contributed by atoms with E-state index in [9.17, 15) is 18.0 Å². The van der Waals surface area contributed by atoms with Gasteiger partial charge in [-0.1, -0.05) is 13.8 Å². The van der Waals surface area contributed by atoms with Crippen LogP contribution in [0.2, 0.25) is 0 Å². The van der Waals surface area contributed by atoms with Crippen molar-refractivity contribution in [3.63, 3.8) is 0 Å². The van der Waals surface area contributed by atoms with Gasteiger partial charge in [0.1, 0.15) is 0 Å². The van der Waals surface area contributed by atoms with E-state index in [1.165, 1.54) is 10.6 Å². The molecule has 9 heteroatoms. The van der Waals surface area contributed by atoms with E-state index in [2.05, 4.69) is 19.2 Å². The molecule has 26 heavy (non-hydrogen) atoms. The van der Waals surface area contributed by atoms with Crippen molar-refractivity contribution in [2.45, 2.75) is 52.5 Å². The van der Waals surface area contributed by atoms with E-state index in [-0.39, 0.29) is 31.0 Å². The summed E-state index contributed by atoms with van der Waals surface area (Å²) in [6, 6.07) is -0.195. The average Bonchev–Trinajstić information content (AvgIpc) is 2.54. The number of likely N-dealkylation sites (tertiary alicyclic amines) is 1. The minimum Gasteiger partial charge on any atom is -0.450 e. The third kappa shape index (κ3) is 7.90. The molecule has 1 saturated heterocycles. The molecule has 0 radical (unpaired) electrons. The van der Waals surface area contributed by atoms with Gasteiger partial charge in [-0.2, -0.15) is 4.31 Å². The first-order valence-electron chi connectivity index (χ1n) is 9.30. The number of sulfonamides is 1. The van der Waals surface area contributed by atoms with Crippen LogP contribution in [0.4, 0.5) is 4.79 Å². The Labute approximate surface area is 157 Å². The van der Waals surface area contributed by atoms with Crippen molar-refractivity contribution in [1.82, 2.24) is 14.5 Å². The van der Waals surface area contributed by atoms with Gasteiger partial charge in [-0.15, -0.1) is 0 Å². The summed E-state index contributed by atoms with van der Waals surface area (Å²) in [5, 5.41) is 2.83. The van der Waals surface area contributed by atoms with Crippen LogP contribution in [0, 0.1) is 5.92 Å². The standard InChI is InChI=1S/C17H33N3O5S/c1-5-25-17(22)19-11-7-15(8-12-19)20(26(4,23)24)13-9-16(21)18-10-6-14(2)3/h14-15H,5-13H2,1-4H3,(H,18,21). The van der Waals surface area contributed by atoms with Gasteiger partial charge in [0.15, 0.2) is 0 Å². The maximum Gasteiger partial charge on any atom is 0.409 e. The van der Waals surface area contributed by atoms with Gasteiger partial charge >= 0.3 is 6.09 Å². The third-order valence-electron chi connectivity index (χ3n) is 4.43. The first-order chi connectivity index (χ1) is 12.1. The highest BCUT2D eigenvalue weighted by atomic mass is 32.2. The van der Waals surface area contributed by atoms with E-state index < -0.39 is 10.0 Å². The summed E-state index contributed by atoms with van der Waals surface area (Å²) in [5.41, 5.74) is 0. The van der Waals surface area contributed by atoms with Crippen LogP contribution in [0.5, 0.6) is 0 Å². The van der Waals surface area contributed by atoms with Gasteiger partial charge in [0.25, 0.3) is 0 Å². The van der Waals surface area contributed by atoms with Crippen molar-refractivity contribution in [2.75, 3.05) is 39.0 Å². The zero-order chi connectivity index (χ0) is 19.7. The van der Waals surface area contributed by atoms with Crippen molar-refractivity contribution in [2.24, 2.45) is 5.92 Å². The van der Waals surface area contributed by atoms with Gasteiger partial charge in [-0.25, -0.2) is 13.2 Å². The zero-order valence-corrected chi connectivity index (χ0v) is 17.2. The van der Waals surface area contributed by atoms with E-state index in [4.69, 9.17) is 4.74 Å². The molecule has 0 aliphatic carbocycles. The first-order valence-corrected chi connectivity index (χ1v) is 11.1. The first kappa shape index (κ1) is 22.7. The smallest absolute Gasteiger partial charge is 0.409 e. The fraction of sp³-hybridized carbons (Fsp3) is 0.882. The number of nitrogens with one attached hydrogen (secondary N) is 1. The molecular formula is C17H33N3O5S. The number of carbonyl (C=O) groups is 2. The van der Waals surface area contributed by atoms with Crippen LogP contribution in [0.3, 0.4) is 0 Å². The largest absolute Gasteiger partial charge is 0.450 e. The van der Waals surface area contributed by atoms with Gasteiger partial charge < -0.3 is 15.0 Å². The molecule has 0 spiro atoms. The molecule has 1 aliphatic rings. The van der Waals surface area contributed by atoms with Crippen LogP contribution in [-0.2, 0) is 19.6 Å². The molecule has 1 heterocycles. The van der Waals surface area contributed by atoms with Crippen LogP contribution in [0.25, 0.3) is 0 Å². The molecule has 1 aliphatic heterocycles. The third-order valence-corrected chi connectivity index (χ3v) is 5.76. The Morgan fingerprint density at radius 3 is 2.38 bits per heavy atom. The number of rotatable bonds is 9. The Bertz CT molecular complexity index is 557. The Hall–Kier alpha value is -1.35. The van der Waals surface area contributed by atoms with Crippen molar-refractivity contribution >= 4 is 22.0 Å². The second-order valence-electron chi connectivity index (χ2n) is 7.07. The Kier molecular flexibility index (Phi) is 9.35. The molecular weight excluding hydrogens is 358 g/mol. The number of ether oxygens (including phenoxy) is 1. The average molecular weight is 392 g/mol. The molecule has 0 aromatic carbocycles. The van der Waals surface area contributed by atoms with Crippen molar-refractivity contribution in [3.8, 4) is 0 Å². The molecule has 8 nitrogen and oxygen atoms in total. The molecule has 0 aromatic rings. The number of nitrogens with zero attached hydrogens (tertiary/aromatic N) is 2. The highest BCUT2D eigenvalue weighted by molar-refractivity contribution is 7.88. The summed E-state index contributed by atoms with van der Waals surface area (Å²) in [4.78, 5) is 25.3. The number of carbonyl (C=O) groups excluding carboxylic acids is 2. The van der Waals surface area contributed by atoms with Crippen LogP contribution in [-0.4, -0.2) is 74.7 Å². The summed E-state index contributed by atoms with van der Waals surface area (Å²) in [5.74, 6) is 0.371. The Balaban J connectivity index is 2.53. The van der Waals surface area contributed by atoms with Crippen LogP contribution < -0.4 is 5.32 Å². The minimum absolute atomic E-state index is 0.136. The van der Waals surface area contributed by atoms with E-state index in [0.717, 1.165) is 6.42 Å². The van der Waals surface area contributed by atoms with Crippen molar-refractivity contribution in [1.29, 1.82) is 0 Å². The van der Waals surface area contributed by atoms with Crippen LogP contribution in [0.15, 0.2) is 0 Å². The van der Waals surface area contributed by atoms with Crippen molar-refractivity contribution in [3.05, 3.63) is 0 Å². The van der Waals surface area contributed by atoms with Crippen LogP contribution >= 0.6 is 0 Å². The topological polar surface area (TPSA) is 96.0 Å². The second-order valence-corrected chi connectivity index (χ2v) is 9.01. The molecule has 0 aromatic heterocycles. The zero-order valence-electron chi connectivity index (χ0n) is 16.4. The molecule has 1 N–H and O–H groups in total. The molecule has 1 rings (SSSR count). The summed E-state index contributed by atoms with van der Waals surface area (Å²) in [7, 11) is -3.42. The monoisotopic (exact) mass is 391 g/mol. The summed E-state index contributed by atoms with van der Waals surface area (Å²) < 4.78 is 30.7. The number of hydrogen-bond donors (Lipinski definition) is 1. The SMILES string of the molecule is CCOC(=O)N1CCC(N(CCC(=O)NCCC(C)C)S(C)(=O)=O)CC1. The molecule has 0 saturated carbocycles. The second kappa shape index (κ2) is 10.7. The fourth-order valence-corrected chi connectivity index (χ4v) is 4.15. The number of hydrogen-bond acceptors (Lipinski definition) is 5. The molecule has 1 fully saturated rings. The Morgan fingerprint density at radius 1 is 1.27 bits per heavy atom. The van der Waals surface area contributed by atoms with Gasteiger partial charge in [0.05, 0.1) is 12.9 Å². The molecule has 2 amide bonds. The Morgan fingerprint density at radius 2 is 1.88 bits per heavy atom. The molecule has 0 atom stereocenters. The van der Waals surface area contributed by atoms with Gasteiger partial charge in [-0.3, -0.25) is 4.79 Å². The lowest BCUT2D eigenvalue weighted by atomic mass is 10.1. The van der Waals surface area contributed by atoms with E-state index in [1.807, 2.05) is 0 Å². The predicted octanol–water partition coefficient (Wildman–Crippen LogP) is 1.42.